The molecule has 0 aliphatic carbocycles. The quantitative estimate of drug-likeness (QED) is 0.596. The summed E-state index contributed by atoms with van der Waals surface area (Å²) in [4.78, 5) is 0. The van der Waals surface area contributed by atoms with E-state index in [1.54, 1.807) is 0 Å². The number of nitrogens with zero attached hydrogens (tertiary/aromatic N) is 2. The van der Waals surface area contributed by atoms with Crippen LogP contribution in [0.2, 0.25) is 0 Å². The summed E-state index contributed by atoms with van der Waals surface area (Å²) in [5.41, 5.74) is 2.41. The normalized spacial score (nSPS) is 10.5. The first kappa shape index (κ1) is 9.92. The Kier molecular flexibility index (Phi) is 2.55. The van der Waals surface area contributed by atoms with Crippen LogP contribution in [0.1, 0.15) is 17.0 Å². The molecular weight excluding hydrogens is 208 g/mol. The minimum Gasteiger partial charge on any atom is -0.335 e. The zero-order chi connectivity index (χ0) is 10.8. The average molecular weight is 220 g/mol. The molecule has 0 bridgehead atoms. The Labute approximate surface area is 92.7 Å². The molecule has 1 aromatic carbocycles. The summed E-state index contributed by atoms with van der Waals surface area (Å²) >= 11 is 4.93. The molecule has 5 heteroatoms. The van der Waals surface area contributed by atoms with Crippen molar-refractivity contribution < 1.29 is 0 Å². The number of H-pyrrole nitrogens is 1. The van der Waals surface area contributed by atoms with Gasteiger partial charge in [-0.25, -0.2) is 4.68 Å². The summed E-state index contributed by atoms with van der Waals surface area (Å²) in [5, 5.41) is 6.71. The lowest BCUT2D eigenvalue weighted by Crippen LogP contribution is -2.13. The highest BCUT2D eigenvalue weighted by molar-refractivity contribution is 7.71. The molecule has 78 valence electrons. The Balaban J connectivity index is 2.26. The van der Waals surface area contributed by atoms with E-state index in [4.69, 9.17) is 18.1 Å². The van der Waals surface area contributed by atoms with E-state index in [0.717, 1.165) is 5.82 Å². The highest BCUT2D eigenvalue weighted by Crippen LogP contribution is 2.07. The van der Waals surface area contributed by atoms with Crippen LogP contribution in [-0.4, -0.2) is 14.9 Å². The molecule has 0 atom stereocenters. The minimum atomic E-state index is 0.442. The second-order valence-electron chi connectivity index (χ2n) is 3.48. The molecule has 15 heavy (non-hydrogen) atoms. The number of hydrogen-bond donors (Lipinski definition) is 2. The molecule has 4 nitrogen and oxygen atoms in total. The Bertz CT molecular complexity index is 509. The van der Waals surface area contributed by atoms with Crippen LogP contribution in [0.25, 0.3) is 0 Å². The predicted molar refractivity (Wildman–Crippen MR) is 61.5 cm³/mol. The number of nitrogens with one attached hydrogen (secondary N) is 1. The fourth-order valence-corrected chi connectivity index (χ4v) is 1.50. The third kappa shape index (κ3) is 2.07. The number of hydrogen-bond acceptors (Lipinski definition) is 3. The standard InChI is InChI=1S/C10H12N4S/c1-7-2-4-8(5-3-7)6-9-12-13-10(15)14(9)11/h2-5H,6,11H2,1H3,(H,13,15). The van der Waals surface area contributed by atoms with Crippen molar-refractivity contribution in [3.63, 3.8) is 0 Å². The van der Waals surface area contributed by atoms with Crippen LogP contribution >= 0.6 is 12.2 Å². The van der Waals surface area contributed by atoms with Gasteiger partial charge in [0.15, 0.2) is 5.82 Å². The van der Waals surface area contributed by atoms with Crippen LogP contribution in [0.4, 0.5) is 0 Å². The molecule has 0 amide bonds. The summed E-state index contributed by atoms with van der Waals surface area (Å²) in [6, 6.07) is 8.26. The van der Waals surface area contributed by atoms with Gasteiger partial charge in [0, 0.05) is 6.42 Å². The summed E-state index contributed by atoms with van der Waals surface area (Å²) in [7, 11) is 0. The third-order valence-electron chi connectivity index (χ3n) is 2.26. The van der Waals surface area contributed by atoms with Crippen molar-refractivity contribution in [2.45, 2.75) is 13.3 Å². The molecule has 2 rings (SSSR count). The summed E-state index contributed by atoms with van der Waals surface area (Å²) < 4.78 is 1.84. The number of aryl methyl sites for hydroxylation is 1. The molecule has 0 fully saturated rings. The SMILES string of the molecule is Cc1ccc(Cc2n[nH]c(=S)n2N)cc1. The molecule has 1 heterocycles. The summed E-state index contributed by atoms with van der Waals surface area (Å²) in [6.45, 7) is 2.06. The Hall–Kier alpha value is -1.62. The molecule has 3 N–H and O–H groups in total. The molecule has 0 radical (unpaired) electrons. The lowest BCUT2D eigenvalue weighted by molar-refractivity contribution is 0.868. The molecule has 1 aromatic heterocycles. The molecule has 2 aromatic rings. The largest absolute Gasteiger partial charge is 0.335 e. The fraction of sp³-hybridized carbons (Fsp3) is 0.200. The monoisotopic (exact) mass is 220 g/mol. The van der Waals surface area contributed by atoms with Gasteiger partial charge in [-0.2, -0.15) is 5.10 Å². The zero-order valence-corrected chi connectivity index (χ0v) is 9.21. The van der Waals surface area contributed by atoms with Gasteiger partial charge in [0.25, 0.3) is 0 Å². The van der Waals surface area contributed by atoms with Gasteiger partial charge in [-0.15, -0.1) is 0 Å². The first-order valence-electron chi connectivity index (χ1n) is 4.64. The highest BCUT2D eigenvalue weighted by Gasteiger charge is 2.03. The van der Waals surface area contributed by atoms with E-state index < -0.39 is 0 Å². The second kappa shape index (κ2) is 3.86. The number of nitrogen functional groups attached to an aromatic ring is 1. The van der Waals surface area contributed by atoms with Gasteiger partial charge < -0.3 is 5.84 Å². The Morgan fingerprint density at radius 3 is 2.60 bits per heavy atom. The van der Waals surface area contributed by atoms with Crippen LogP contribution in [-0.2, 0) is 6.42 Å². The first-order valence-corrected chi connectivity index (χ1v) is 5.04. The number of nitrogens with two attached hydrogens (primary N) is 1. The van der Waals surface area contributed by atoms with Gasteiger partial charge in [0.2, 0.25) is 4.77 Å². The van der Waals surface area contributed by atoms with Crippen molar-refractivity contribution in [1.82, 2.24) is 14.9 Å². The van der Waals surface area contributed by atoms with Gasteiger partial charge in [-0.05, 0) is 24.7 Å². The van der Waals surface area contributed by atoms with Gasteiger partial charge >= 0.3 is 0 Å². The maximum Gasteiger partial charge on any atom is 0.214 e. The first-order chi connectivity index (χ1) is 7.16. The van der Waals surface area contributed by atoms with Crippen molar-refractivity contribution in [3.8, 4) is 0 Å². The average Bonchev–Trinajstić information content (AvgIpc) is 2.53. The number of aromatic nitrogens is 3. The molecule has 0 saturated carbocycles. The number of aromatic amines is 1. The van der Waals surface area contributed by atoms with Gasteiger partial charge in [0.1, 0.15) is 0 Å². The molecular formula is C10H12N4S. The lowest BCUT2D eigenvalue weighted by Gasteiger charge is -2.01. The predicted octanol–water partition coefficient (Wildman–Crippen LogP) is 1.55. The van der Waals surface area contributed by atoms with Gasteiger partial charge in [-0.3, -0.25) is 5.10 Å². The van der Waals surface area contributed by atoms with Crippen molar-refractivity contribution in [1.29, 1.82) is 0 Å². The molecule has 0 spiro atoms. The highest BCUT2D eigenvalue weighted by atomic mass is 32.1. The van der Waals surface area contributed by atoms with Crippen LogP contribution in [0.3, 0.4) is 0 Å². The maximum atomic E-state index is 5.70. The smallest absolute Gasteiger partial charge is 0.214 e. The van der Waals surface area contributed by atoms with Crippen molar-refractivity contribution in [3.05, 3.63) is 46.0 Å². The number of rotatable bonds is 2. The minimum absolute atomic E-state index is 0.442. The Morgan fingerprint density at radius 1 is 1.40 bits per heavy atom. The van der Waals surface area contributed by atoms with E-state index in [1.807, 2.05) is 0 Å². The fourth-order valence-electron chi connectivity index (χ4n) is 1.35. The molecule has 0 unspecified atom stereocenters. The van der Waals surface area contributed by atoms with Crippen molar-refractivity contribution >= 4 is 12.2 Å². The summed E-state index contributed by atoms with van der Waals surface area (Å²) in [5.74, 6) is 6.44. The molecule has 0 aliphatic rings. The van der Waals surface area contributed by atoms with E-state index in [2.05, 4.69) is 41.4 Å². The van der Waals surface area contributed by atoms with E-state index >= 15 is 0 Å². The van der Waals surface area contributed by atoms with Crippen LogP contribution < -0.4 is 5.84 Å². The van der Waals surface area contributed by atoms with Gasteiger partial charge in [-0.1, -0.05) is 29.8 Å². The molecule has 0 saturated heterocycles. The maximum absolute atomic E-state index is 5.70. The van der Waals surface area contributed by atoms with E-state index in [-0.39, 0.29) is 0 Å². The Morgan fingerprint density at radius 2 is 2.07 bits per heavy atom. The third-order valence-corrected chi connectivity index (χ3v) is 2.55. The van der Waals surface area contributed by atoms with E-state index in [0.29, 0.717) is 11.2 Å². The van der Waals surface area contributed by atoms with Crippen molar-refractivity contribution in [2.24, 2.45) is 0 Å². The molecule has 0 aliphatic heterocycles. The van der Waals surface area contributed by atoms with Crippen LogP contribution in [0.15, 0.2) is 24.3 Å². The zero-order valence-electron chi connectivity index (χ0n) is 8.40. The van der Waals surface area contributed by atoms with E-state index in [1.165, 1.54) is 15.8 Å². The van der Waals surface area contributed by atoms with Crippen LogP contribution in [0.5, 0.6) is 0 Å². The van der Waals surface area contributed by atoms with Crippen molar-refractivity contribution in [2.75, 3.05) is 5.84 Å². The van der Waals surface area contributed by atoms with Gasteiger partial charge in [0.05, 0.1) is 0 Å². The summed E-state index contributed by atoms with van der Waals surface area (Å²) in [6.07, 6.45) is 0.684. The second-order valence-corrected chi connectivity index (χ2v) is 3.86. The van der Waals surface area contributed by atoms with E-state index in [9.17, 15) is 0 Å². The lowest BCUT2D eigenvalue weighted by atomic mass is 10.1. The topological polar surface area (TPSA) is 59.6 Å². The van der Waals surface area contributed by atoms with Crippen LogP contribution in [0, 0.1) is 11.7 Å². The number of benzene rings is 1.